The summed E-state index contributed by atoms with van der Waals surface area (Å²) in [6.45, 7) is 5.63. The number of carboxylic acids is 2. The molecule has 1 aliphatic rings. The lowest BCUT2D eigenvalue weighted by Gasteiger charge is -2.33. The Morgan fingerprint density at radius 2 is 1.16 bits per heavy atom. The first kappa shape index (κ1) is 28.2. The molecular weight excluding hydrogens is 420 g/mol. The molecule has 12 heteroatoms. The standard InChI is InChI=1S/C20H40N6O6/c21-3-1-2-4-22-18(28)15-24-7-5-23(13-14-27)6-8-25(16-19(29)30)11-12-26(10-9-24)17-20(31)32/h27H,1-17,21H2,(H,22,28)(H,29,30)(H,31,32). The Labute approximate surface area is 189 Å². The van der Waals surface area contributed by atoms with Crippen molar-refractivity contribution in [2.24, 2.45) is 5.73 Å². The summed E-state index contributed by atoms with van der Waals surface area (Å²) in [5.74, 6) is -1.96. The molecule has 12 nitrogen and oxygen atoms in total. The zero-order valence-electron chi connectivity index (χ0n) is 19.0. The van der Waals surface area contributed by atoms with Gasteiger partial charge in [0.1, 0.15) is 0 Å². The molecule has 0 saturated carbocycles. The fourth-order valence-corrected chi connectivity index (χ4v) is 3.56. The Kier molecular flexibility index (Phi) is 14.8. The maximum absolute atomic E-state index is 12.4. The molecule has 1 amide bonds. The van der Waals surface area contributed by atoms with Gasteiger partial charge in [-0.05, 0) is 19.4 Å². The summed E-state index contributed by atoms with van der Waals surface area (Å²) < 4.78 is 0. The Morgan fingerprint density at radius 3 is 1.56 bits per heavy atom. The number of β-amino-alcohol motifs (C(OH)–C–C–N with tert-alkyl or cyclic N) is 1. The van der Waals surface area contributed by atoms with Crippen molar-refractivity contribution in [3.05, 3.63) is 0 Å². The van der Waals surface area contributed by atoms with E-state index in [1.807, 2.05) is 4.90 Å². The van der Waals surface area contributed by atoms with Crippen LogP contribution in [0.15, 0.2) is 0 Å². The summed E-state index contributed by atoms with van der Waals surface area (Å²) in [5, 5.41) is 30.7. The van der Waals surface area contributed by atoms with Crippen LogP contribution in [-0.4, -0.2) is 151 Å². The van der Waals surface area contributed by atoms with Crippen molar-refractivity contribution in [1.29, 1.82) is 0 Å². The number of nitrogens with zero attached hydrogens (tertiary/aromatic N) is 4. The topological polar surface area (TPSA) is 163 Å². The van der Waals surface area contributed by atoms with Crippen molar-refractivity contribution >= 4 is 17.8 Å². The molecule has 32 heavy (non-hydrogen) atoms. The highest BCUT2D eigenvalue weighted by Crippen LogP contribution is 2.01. The maximum Gasteiger partial charge on any atom is 0.317 e. The number of unbranched alkanes of at least 4 members (excludes halogenated alkanes) is 1. The van der Waals surface area contributed by atoms with Gasteiger partial charge in [-0.2, -0.15) is 0 Å². The number of amides is 1. The van der Waals surface area contributed by atoms with Crippen LogP contribution in [0.4, 0.5) is 0 Å². The summed E-state index contributed by atoms with van der Waals surface area (Å²) in [6.07, 6.45) is 1.68. The van der Waals surface area contributed by atoms with Gasteiger partial charge in [0.05, 0.1) is 26.2 Å². The number of rotatable bonds is 12. The van der Waals surface area contributed by atoms with Crippen LogP contribution in [0.3, 0.4) is 0 Å². The van der Waals surface area contributed by atoms with Crippen molar-refractivity contribution in [1.82, 2.24) is 24.9 Å². The number of carbonyl (C=O) groups excluding carboxylic acids is 1. The first-order valence-corrected chi connectivity index (χ1v) is 11.2. The molecule has 0 unspecified atom stereocenters. The van der Waals surface area contributed by atoms with Gasteiger partial charge in [0.25, 0.3) is 0 Å². The predicted molar refractivity (Wildman–Crippen MR) is 119 cm³/mol. The second-order valence-electron chi connectivity index (χ2n) is 8.03. The van der Waals surface area contributed by atoms with Gasteiger partial charge in [0, 0.05) is 65.4 Å². The normalized spacial score (nSPS) is 18.6. The second-order valence-corrected chi connectivity index (χ2v) is 8.03. The second kappa shape index (κ2) is 16.8. The molecule has 0 aromatic heterocycles. The average molecular weight is 461 g/mol. The number of hydrogen-bond acceptors (Lipinski definition) is 9. The zero-order chi connectivity index (χ0) is 23.8. The number of aliphatic carboxylic acids is 2. The Bertz CT molecular complexity index is 567. The minimum Gasteiger partial charge on any atom is -0.480 e. The van der Waals surface area contributed by atoms with Crippen LogP contribution in [0.25, 0.3) is 0 Å². The van der Waals surface area contributed by atoms with Gasteiger partial charge in [-0.25, -0.2) is 0 Å². The molecule has 0 spiro atoms. The Morgan fingerprint density at radius 1 is 0.719 bits per heavy atom. The highest BCUT2D eigenvalue weighted by Gasteiger charge is 2.20. The average Bonchev–Trinajstić information content (AvgIpc) is 2.72. The van der Waals surface area contributed by atoms with E-state index in [4.69, 9.17) is 5.73 Å². The van der Waals surface area contributed by atoms with E-state index in [-0.39, 0.29) is 32.1 Å². The molecule has 6 N–H and O–H groups in total. The molecule has 0 atom stereocenters. The summed E-state index contributed by atoms with van der Waals surface area (Å²) in [6, 6.07) is 0. The number of hydrogen-bond donors (Lipinski definition) is 5. The third-order valence-corrected chi connectivity index (χ3v) is 5.38. The van der Waals surface area contributed by atoms with Crippen LogP contribution in [0.5, 0.6) is 0 Å². The molecule has 1 fully saturated rings. The lowest BCUT2D eigenvalue weighted by molar-refractivity contribution is -0.140. The number of carbonyl (C=O) groups is 3. The maximum atomic E-state index is 12.4. The first-order chi connectivity index (χ1) is 15.3. The lowest BCUT2D eigenvalue weighted by atomic mass is 10.3. The summed E-state index contributed by atoms with van der Waals surface area (Å²) in [4.78, 5) is 42.5. The quantitative estimate of drug-likeness (QED) is 0.192. The van der Waals surface area contributed by atoms with Crippen molar-refractivity contribution in [2.45, 2.75) is 12.8 Å². The van der Waals surface area contributed by atoms with E-state index in [1.54, 1.807) is 9.80 Å². The van der Waals surface area contributed by atoms with Gasteiger partial charge < -0.3 is 26.4 Å². The molecule has 1 saturated heterocycles. The molecule has 186 valence electrons. The molecule has 1 rings (SSSR count). The van der Waals surface area contributed by atoms with Crippen LogP contribution >= 0.6 is 0 Å². The van der Waals surface area contributed by atoms with Gasteiger partial charge in [-0.3, -0.25) is 34.0 Å². The molecule has 0 aliphatic carbocycles. The van der Waals surface area contributed by atoms with E-state index in [2.05, 4.69) is 10.2 Å². The van der Waals surface area contributed by atoms with E-state index in [9.17, 15) is 29.7 Å². The minimum atomic E-state index is -0.944. The third-order valence-electron chi connectivity index (χ3n) is 5.38. The fraction of sp³-hybridized carbons (Fsp3) is 0.850. The number of carboxylic acid groups (broad SMARTS) is 2. The minimum absolute atomic E-state index is 0.00700. The van der Waals surface area contributed by atoms with Crippen molar-refractivity contribution in [2.75, 3.05) is 98.2 Å². The largest absolute Gasteiger partial charge is 0.480 e. The number of aliphatic hydroxyl groups is 1. The van der Waals surface area contributed by atoms with E-state index < -0.39 is 11.9 Å². The van der Waals surface area contributed by atoms with Crippen LogP contribution in [-0.2, 0) is 14.4 Å². The van der Waals surface area contributed by atoms with Gasteiger partial charge in [-0.1, -0.05) is 0 Å². The van der Waals surface area contributed by atoms with Gasteiger partial charge in [-0.15, -0.1) is 0 Å². The van der Waals surface area contributed by atoms with Crippen LogP contribution in [0.2, 0.25) is 0 Å². The number of nitrogens with two attached hydrogens (primary N) is 1. The molecule has 1 aliphatic heterocycles. The van der Waals surface area contributed by atoms with E-state index in [0.29, 0.717) is 72.0 Å². The van der Waals surface area contributed by atoms with E-state index >= 15 is 0 Å². The van der Waals surface area contributed by atoms with Crippen LogP contribution in [0.1, 0.15) is 12.8 Å². The summed E-state index contributed by atoms with van der Waals surface area (Å²) >= 11 is 0. The Balaban J connectivity index is 2.80. The van der Waals surface area contributed by atoms with Crippen molar-refractivity contribution in [3.63, 3.8) is 0 Å². The fourth-order valence-electron chi connectivity index (χ4n) is 3.56. The third kappa shape index (κ3) is 13.6. The van der Waals surface area contributed by atoms with Crippen molar-refractivity contribution in [3.8, 4) is 0 Å². The summed E-state index contributed by atoms with van der Waals surface area (Å²) in [5.41, 5.74) is 5.47. The molecule has 0 aromatic carbocycles. The highest BCUT2D eigenvalue weighted by molar-refractivity contribution is 5.78. The molecule has 0 bridgehead atoms. The lowest BCUT2D eigenvalue weighted by Crippen LogP contribution is -2.49. The SMILES string of the molecule is NCCCCNC(=O)CN1CCN(CCO)CCN(CC(=O)O)CCN(CC(=O)O)CC1. The smallest absolute Gasteiger partial charge is 0.317 e. The number of nitrogens with one attached hydrogen (secondary N) is 1. The van der Waals surface area contributed by atoms with Gasteiger partial charge in [0.2, 0.25) is 5.91 Å². The predicted octanol–water partition coefficient (Wildman–Crippen LogP) is -2.78. The zero-order valence-corrected chi connectivity index (χ0v) is 19.0. The molecule has 0 aromatic rings. The molecule has 0 radical (unpaired) electrons. The number of aliphatic hydroxyl groups excluding tert-OH is 1. The Hall–Kier alpha value is -1.83. The summed E-state index contributed by atoms with van der Waals surface area (Å²) in [7, 11) is 0. The van der Waals surface area contributed by atoms with Gasteiger partial charge in [0.15, 0.2) is 0 Å². The van der Waals surface area contributed by atoms with Crippen molar-refractivity contribution < 1.29 is 29.7 Å². The monoisotopic (exact) mass is 460 g/mol. The van der Waals surface area contributed by atoms with Crippen LogP contribution in [0, 0.1) is 0 Å². The van der Waals surface area contributed by atoms with E-state index in [1.165, 1.54) is 0 Å². The molecule has 1 heterocycles. The first-order valence-electron chi connectivity index (χ1n) is 11.2. The van der Waals surface area contributed by atoms with E-state index in [0.717, 1.165) is 12.8 Å². The van der Waals surface area contributed by atoms with Crippen LogP contribution < -0.4 is 11.1 Å². The van der Waals surface area contributed by atoms with Gasteiger partial charge >= 0.3 is 11.9 Å². The molecular formula is C20H40N6O6. The highest BCUT2D eigenvalue weighted by atomic mass is 16.4.